The van der Waals surface area contributed by atoms with E-state index in [0.717, 1.165) is 31.4 Å². The minimum atomic E-state index is -4.58. The topological polar surface area (TPSA) is 99.1 Å². The molecule has 1 N–H and O–H groups in total. The molecule has 42 heavy (non-hydrogen) atoms. The number of fused-ring (bicyclic) bond motifs is 1. The first-order valence-electron chi connectivity index (χ1n) is 14.2. The molecule has 1 unspecified atom stereocenters. The summed E-state index contributed by atoms with van der Waals surface area (Å²) >= 11 is 0.622. The van der Waals surface area contributed by atoms with E-state index in [1.54, 1.807) is 23.4 Å². The van der Waals surface area contributed by atoms with Crippen LogP contribution in [0.2, 0.25) is 0 Å². The number of aromatic amines is 1. The Morgan fingerprint density at radius 2 is 1.86 bits per heavy atom. The molecule has 14 heteroatoms. The van der Waals surface area contributed by atoms with E-state index < -0.39 is 11.2 Å². The Morgan fingerprint density at radius 1 is 1.10 bits per heavy atom. The van der Waals surface area contributed by atoms with Crippen LogP contribution in [0.25, 0.3) is 22.6 Å². The second-order valence-corrected chi connectivity index (χ2v) is 12.3. The number of alkyl halides is 3. The van der Waals surface area contributed by atoms with Crippen LogP contribution >= 0.6 is 11.3 Å². The molecule has 2 aliphatic rings. The van der Waals surface area contributed by atoms with Gasteiger partial charge in [-0.15, -0.1) is 0 Å². The number of aryl methyl sites for hydroxylation is 2. The number of piperazine rings is 1. The van der Waals surface area contributed by atoms with Gasteiger partial charge in [-0.25, -0.2) is 19.6 Å². The van der Waals surface area contributed by atoms with E-state index in [2.05, 4.69) is 49.1 Å². The standard InChI is InChI=1S/C28H34F3N9OS/c1-16-14-38(11-12-39(16)23(41)15-40-18(3)32-17(2)36-40)26-24(35-27(42-26)28(29,30)31)25-33-21-6-5-20(13-22(21)34-25)19-7-9-37(4)10-8-19/h5-6,13,16,19H,7-12,14-15H2,1-4H3,(H,33,34). The third kappa shape index (κ3) is 5.61. The molecule has 10 nitrogen and oxygen atoms in total. The summed E-state index contributed by atoms with van der Waals surface area (Å²) in [6.45, 7) is 8.73. The molecule has 2 saturated heterocycles. The van der Waals surface area contributed by atoms with Gasteiger partial charge in [-0.2, -0.15) is 18.3 Å². The number of hydrogen-bond donors (Lipinski definition) is 1. The molecule has 6 rings (SSSR count). The van der Waals surface area contributed by atoms with E-state index in [9.17, 15) is 18.0 Å². The highest BCUT2D eigenvalue weighted by molar-refractivity contribution is 7.16. The van der Waals surface area contributed by atoms with Gasteiger partial charge in [0.15, 0.2) is 5.82 Å². The predicted molar refractivity (Wildman–Crippen MR) is 155 cm³/mol. The van der Waals surface area contributed by atoms with Crippen LogP contribution in [0.3, 0.4) is 0 Å². The van der Waals surface area contributed by atoms with Crippen LogP contribution in [0.4, 0.5) is 18.2 Å². The zero-order valence-electron chi connectivity index (χ0n) is 24.1. The number of benzene rings is 1. The van der Waals surface area contributed by atoms with E-state index in [0.29, 0.717) is 64.9 Å². The number of nitrogens with one attached hydrogen (secondary N) is 1. The summed E-state index contributed by atoms with van der Waals surface area (Å²) in [6, 6.07) is 5.85. The first kappa shape index (κ1) is 28.6. The van der Waals surface area contributed by atoms with E-state index in [4.69, 9.17) is 0 Å². The lowest BCUT2D eigenvalue weighted by molar-refractivity contribution is -0.137. The van der Waals surface area contributed by atoms with Crippen molar-refractivity contribution < 1.29 is 18.0 Å². The molecule has 0 aliphatic carbocycles. The summed E-state index contributed by atoms with van der Waals surface area (Å²) in [7, 11) is 2.13. The second kappa shape index (κ2) is 11.0. The average Bonchev–Trinajstić information content (AvgIpc) is 3.64. The number of halogens is 3. The highest BCUT2D eigenvalue weighted by Gasteiger charge is 2.39. The fraction of sp³-hybridized carbons (Fsp3) is 0.536. The van der Waals surface area contributed by atoms with Crippen molar-refractivity contribution >= 4 is 33.3 Å². The van der Waals surface area contributed by atoms with Crippen LogP contribution in [0, 0.1) is 13.8 Å². The maximum atomic E-state index is 13.9. The molecule has 0 saturated carbocycles. The Balaban J connectivity index is 1.25. The van der Waals surface area contributed by atoms with Crippen molar-refractivity contribution in [2.75, 3.05) is 44.7 Å². The Morgan fingerprint density at radius 3 is 2.52 bits per heavy atom. The summed E-state index contributed by atoms with van der Waals surface area (Å²) in [6.07, 6.45) is -2.44. The zero-order valence-corrected chi connectivity index (χ0v) is 24.9. The monoisotopic (exact) mass is 601 g/mol. The molecule has 2 fully saturated rings. The largest absolute Gasteiger partial charge is 0.443 e. The zero-order chi connectivity index (χ0) is 29.8. The molecule has 1 amide bonds. The maximum Gasteiger partial charge on any atom is 0.443 e. The van der Waals surface area contributed by atoms with Gasteiger partial charge in [0.25, 0.3) is 0 Å². The molecule has 0 bridgehead atoms. The Bertz CT molecular complexity index is 1600. The van der Waals surface area contributed by atoms with Gasteiger partial charge < -0.3 is 19.7 Å². The van der Waals surface area contributed by atoms with Gasteiger partial charge in [0, 0.05) is 25.7 Å². The maximum absolute atomic E-state index is 13.9. The Hall–Kier alpha value is -3.52. The molecular weight excluding hydrogens is 567 g/mol. The number of piperidine rings is 1. The number of aromatic nitrogens is 6. The Kier molecular flexibility index (Phi) is 7.46. The first-order chi connectivity index (χ1) is 20.0. The highest BCUT2D eigenvalue weighted by Crippen LogP contribution is 2.43. The smallest absolute Gasteiger partial charge is 0.358 e. The van der Waals surface area contributed by atoms with Gasteiger partial charge in [-0.05, 0) is 77.4 Å². The van der Waals surface area contributed by atoms with Gasteiger partial charge >= 0.3 is 6.18 Å². The number of likely N-dealkylation sites (tertiary alicyclic amines) is 1. The average molecular weight is 602 g/mol. The molecule has 1 atom stereocenters. The van der Waals surface area contributed by atoms with Crippen molar-refractivity contribution in [1.29, 1.82) is 0 Å². The minimum absolute atomic E-state index is 0.0690. The second-order valence-electron chi connectivity index (χ2n) is 11.4. The van der Waals surface area contributed by atoms with E-state index in [-0.39, 0.29) is 24.2 Å². The van der Waals surface area contributed by atoms with Gasteiger partial charge in [0.05, 0.1) is 11.0 Å². The van der Waals surface area contributed by atoms with Crippen LogP contribution in [0.1, 0.15) is 47.9 Å². The van der Waals surface area contributed by atoms with Crippen LogP contribution in [0.15, 0.2) is 18.2 Å². The molecule has 0 spiro atoms. The minimum Gasteiger partial charge on any atom is -0.358 e. The molecular formula is C28H34F3N9OS. The summed E-state index contributed by atoms with van der Waals surface area (Å²) in [5, 5.41) is 3.77. The van der Waals surface area contributed by atoms with Crippen molar-refractivity contribution in [3.05, 3.63) is 40.4 Å². The number of imidazole rings is 1. The number of rotatable bonds is 5. The van der Waals surface area contributed by atoms with Crippen molar-refractivity contribution in [3.8, 4) is 11.5 Å². The summed E-state index contributed by atoms with van der Waals surface area (Å²) in [5.74, 6) is 1.91. The molecule has 2 aliphatic heterocycles. The van der Waals surface area contributed by atoms with Crippen molar-refractivity contribution in [1.82, 2.24) is 39.5 Å². The number of carbonyl (C=O) groups excluding carboxylic acids is 1. The fourth-order valence-electron chi connectivity index (χ4n) is 5.98. The summed E-state index contributed by atoms with van der Waals surface area (Å²) < 4.78 is 43.2. The normalized spacial score (nSPS) is 19.3. The number of amides is 1. The Labute approximate surface area is 245 Å². The van der Waals surface area contributed by atoms with Crippen LogP contribution in [0.5, 0.6) is 0 Å². The van der Waals surface area contributed by atoms with Crippen molar-refractivity contribution in [2.45, 2.75) is 58.3 Å². The summed E-state index contributed by atoms with van der Waals surface area (Å²) in [4.78, 5) is 35.3. The van der Waals surface area contributed by atoms with Crippen molar-refractivity contribution in [2.24, 2.45) is 0 Å². The van der Waals surface area contributed by atoms with Gasteiger partial charge in [0.1, 0.15) is 28.9 Å². The van der Waals surface area contributed by atoms with E-state index in [1.165, 1.54) is 5.56 Å². The van der Waals surface area contributed by atoms with Crippen LogP contribution in [-0.2, 0) is 17.5 Å². The summed E-state index contributed by atoms with van der Waals surface area (Å²) in [5.41, 5.74) is 2.88. The molecule has 4 aromatic rings. The molecule has 224 valence electrons. The molecule has 3 aromatic heterocycles. The third-order valence-corrected chi connectivity index (χ3v) is 9.42. The SMILES string of the molecule is Cc1nc(C)n(CC(=O)N2CCN(c3sc(C(F)(F)F)nc3-c3nc4ccc(C5CCN(C)CC5)cc4[nH]3)CC2C)n1. The molecule has 0 radical (unpaired) electrons. The van der Waals surface area contributed by atoms with Crippen molar-refractivity contribution in [3.63, 3.8) is 0 Å². The number of anilines is 1. The highest BCUT2D eigenvalue weighted by atomic mass is 32.1. The predicted octanol–water partition coefficient (Wildman–Crippen LogP) is 4.46. The number of nitrogens with zero attached hydrogens (tertiary/aromatic N) is 8. The van der Waals surface area contributed by atoms with Gasteiger partial charge in [0.2, 0.25) is 10.9 Å². The fourth-order valence-corrected chi connectivity index (χ4v) is 6.95. The van der Waals surface area contributed by atoms with Gasteiger partial charge in [-0.1, -0.05) is 17.4 Å². The third-order valence-electron chi connectivity index (χ3n) is 8.25. The van der Waals surface area contributed by atoms with Gasteiger partial charge in [-0.3, -0.25) is 4.79 Å². The quantitative estimate of drug-likeness (QED) is 0.361. The first-order valence-corrected chi connectivity index (χ1v) is 15.0. The van der Waals surface area contributed by atoms with Crippen LogP contribution < -0.4 is 4.90 Å². The number of carbonyl (C=O) groups is 1. The number of H-pyrrole nitrogens is 1. The lowest BCUT2D eigenvalue weighted by Crippen LogP contribution is -2.54. The lowest BCUT2D eigenvalue weighted by atomic mass is 9.89. The lowest BCUT2D eigenvalue weighted by Gasteiger charge is -2.40. The van der Waals surface area contributed by atoms with E-state index in [1.807, 2.05) is 17.9 Å². The van der Waals surface area contributed by atoms with E-state index >= 15 is 0 Å². The van der Waals surface area contributed by atoms with Crippen LogP contribution in [-0.4, -0.2) is 91.2 Å². The number of thiazole rings is 1. The molecule has 1 aromatic carbocycles. The molecule has 5 heterocycles. The number of hydrogen-bond acceptors (Lipinski definition) is 8.